The third-order valence-electron chi connectivity index (χ3n) is 4.24. The molecule has 0 aromatic heterocycles. The van der Waals surface area contributed by atoms with Crippen LogP contribution in [0.2, 0.25) is 0 Å². The van der Waals surface area contributed by atoms with Gasteiger partial charge >= 0.3 is 5.97 Å². The number of nitrogens with one attached hydrogen (secondary N) is 1. The van der Waals surface area contributed by atoms with Crippen LogP contribution in [0, 0.1) is 0 Å². The van der Waals surface area contributed by atoms with Crippen molar-refractivity contribution in [1.82, 2.24) is 0 Å². The first-order valence-electron chi connectivity index (χ1n) is 9.46. The van der Waals surface area contributed by atoms with Gasteiger partial charge in [-0.05, 0) is 67.6 Å². The molecule has 0 radical (unpaired) electrons. The highest BCUT2D eigenvalue weighted by atomic mass is 16.5. The molecule has 3 aromatic carbocycles. The zero-order valence-electron chi connectivity index (χ0n) is 16.5. The fourth-order valence-electron chi connectivity index (χ4n) is 2.68. The van der Waals surface area contributed by atoms with Gasteiger partial charge in [-0.3, -0.25) is 9.59 Å². The molecule has 0 heterocycles. The number of benzene rings is 3. The summed E-state index contributed by atoms with van der Waals surface area (Å²) in [5, 5.41) is 2.76. The SMILES string of the molecule is CCOc1ccc(C(=O)OCC(=O)c2ccc(NC(=O)c3ccccc3)cc2)cc1. The lowest BCUT2D eigenvalue weighted by Gasteiger charge is -2.08. The maximum Gasteiger partial charge on any atom is 0.338 e. The van der Waals surface area contributed by atoms with E-state index in [9.17, 15) is 14.4 Å². The molecular weight excluding hydrogens is 382 g/mol. The van der Waals surface area contributed by atoms with E-state index in [1.807, 2.05) is 13.0 Å². The van der Waals surface area contributed by atoms with Crippen LogP contribution >= 0.6 is 0 Å². The number of carbonyl (C=O) groups is 3. The Morgan fingerprint density at radius 3 is 2.03 bits per heavy atom. The molecule has 0 unspecified atom stereocenters. The Morgan fingerprint density at radius 1 is 0.767 bits per heavy atom. The molecule has 6 heteroatoms. The molecule has 0 bridgehead atoms. The molecular formula is C24H21NO5. The van der Waals surface area contributed by atoms with Crippen LogP contribution in [0.3, 0.4) is 0 Å². The van der Waals surface area contributed by atoms with Gasteiger partial charge in [0.2, 0.25) is 0 Å². The van der Waals surface area contributed by atoms with Crippen molar-refractivity contribution in [3.05, 3.63) is 95.6 Å². The number of ketones is 1. The number of anilines is 1. The number of hydrogen-bond acceptors (Lipinski definition) is 5. The summed E-state index contributed by atoms with van der Waals surface area (Å²) in [6.07, 6.45) is 0. The summed E-state index contributed by atoms with van der Waals surface area (Å²) in [7, 11) is 0. The van der Waals surface area contributed by atoms with Crippen LogP contribution in [0.5, 0.6) is 5.75 Å². The number of Topliss-reactive ketones (excluding diaryl/α,β-unsaturated/α-hetero) is 1. The average molecular weight is 403 g/mol. The number of esters is 1. The quantitative estimate of drug-likeness (QED) is 0.446. The summed E-state index contributed by atoms with van der Waals surface area (Å²) < 4.78 is 10.4. The second-order valence-electron chi connectivity index (χ2n) is 6.35. The maximum absolute atomic E-state index is 12.3. The van der Waals surface area contributed by atoms with Crippen molar-refractivity contribution >= 4 is 23.3 Å². The third-order valence-corrected chi connectivity index (χ3v) is 4.24. The Kier molecular flexibility index (Phi) is 6.95. The third kappa shape index (κ3) is 5.54. The van der Waals surface area contributed by atoms with Gasteiger partial charge in [0.15, 0.2) is 12.4 Å². The summed E-state index contributed by atoms with van der Waals surface area (Å²) in [5.41, 5.74) is 1.82. The topological polar surface area (TPSA) is 81.7 Å². The van der Waals surface area contributed by atoms with Crippen LogP contribution in [0.15, 0.2) is 78.9 Å². The molecule has 0 saturated heterocycles. The van der Waals surface area contributed by atoms with Crippen molar-refractivity contribution in [3.8, 4) is 5.75 Å². The molecule has 3 rings (SSSR count). The highest BCUT2D eigenvalue weighted by molar-refractivity contribution is 6.05. The smallest absolute Gasteiger partial charge is 0.338 e. The first kappa shape index (κ1) is 20.8. The maximum atomic E-state index is 12.3. The molecule has 1 amide bonds. The van der Waals surface area contributed by atoms with Crippen molar-refractivity contribution < 1.29 is 23.9 Å². The molecule has 0 aliphatic heterocycles. The molecule has 0 atom stereocenters. The van der Waals surface area contributed by atoms with Gasteiger partial charge < -0.3 is 14.8 Å². The Balaban J connectivity index is 1.53. The minimum absolute atomic E-state index is 0.237. The predicted molar refractivity (Wildman–Crippen MR) is 113 cm³/mol. The molecule has 0 aliphatic carbocycles. The fraction of sp³-hybridized carbons (Fsp3) is 0.125. The number of amides is 1. The van der Waals surface area contributed by atoms with Gasteiger partial charge in [-0.15, -0.1) is 0 Å². The van der Waals surface area contributed by atoms with Gasteiger partial charge in [0, 0.05) is 16.8 Å². The molecule has 3 aromatic rings. The number of hydrogen-bond donors (Lipinski definition) is 1. The van der Waals surface area contributed by atoms with E-state index < -0.39 is 5.97 Å². The Hall–Kier alpha value is -3.93. The zero-order chi connectivity index (χ0) is 21.3. The van der Waals surface area contributed by atoms with Crippen molar-refractivity contribution in [2.75, 3.05) is 18.5 Å². The Morgan fingerprint density at radius 2 is 1.40 bits per heavy atom. The van der Waals surface area contributed by atoms with E-state index in [0.29, 0.717) is 34.7 Å². The second kappa shape index (κ2) is 10.0. The number of rotatable bonds is 8. The van der Waals surface area contributed by atoms with Gasteiger partial charge in [-0.25, -0.2) is 4.79 Å². The molecule has 0 aliphatic rings. The number of ether oxygens (including phenoxy) is 2. The van der Waals surface area contributed by atoms with Gasteiger partial charge in [0.1, 0.15) is 5.75 Å². The van der Waals surface area contributed by atoms with Gasteiger partial charge in [0.05, 0.1) is 12.2 Å². The standard InChI is InChI=1S/C24H21NO5/c1-2-29-21-14-10-19(11-15-21)24(28)30-16-22(26)17-8-12-20(13-9-17)25-23(27)18-6-4-3-5-7-18/h3-15H,2,16H2,1H3,(H,25,27). The van der Waals surface area contributed by atoms with Gasteiger partial charge in [-0.2, -0.15) is 0 Å². The van der Waals surface area contributed by atoms with Crippen molar-refractivity contribution in [3.63, 3.8) is 0 Å². The van der Waals surface area contributed by atoms with Crippen LogP contribution in [-0.4, -0.2) is 30.9 Å². The molecule has 0 spiro atoms. The lowest BCUT2D eigenvalue weighted by molar-refractivity contribution is 0.0474. The lowest BCUT2D eigenvalue weighted by atomic mass is 10.1. The van der Waals surface area contributed by atoms with Crippen molar-refractivity contribution in [2.45, 2.75) is 6.92 Å². The first-order chi connectivity index (χ1) is 14.6. The van der Waals surface area contributed by atoms with E-state index in [2.05, 4.69) is 5.32 Å². The molecule has 1 N–H and O–H groups in total. The molecule has 30 heavy (non-hydrogen) atoms. The van der Waals surface area contributed by atoms with Crippen LogP contribution in [0.4, 0.5) is 5.69 Å². The molecule has 0 fully saturated rings. The minimum atomic E-state index is -0.585. The Labute approximate surface area is 174 Å². The van der Waals surface area contributed by atoms with Crippen LogP contribution < -0.4 is 10.1 Å². The minimum Gasteiger partial charge on any atom is -0.494 e. The highest BCUT2D eigenvalue weighted by Gasteiger charge is 2.13. The van der Waals surface area contributed by atoms with Gasteiger partial charge in [0.25, 0.3) is 5.91 Å². The van der Waals surface area contributed by atoms with E-state index in [4.69, 9.17) is 9.47 Å². The van der Waals surface area contributed by atoms with E-state index in [1.165, 1.54) is 0 Å². The lowest BCUT2D eigenvalue weighted by Crippen LogP contribution is -2.15. The van der Waals surface area contributed by atoms with Crippen molar-refractivity contribution in [1.29, 1.82) is 0 Å². The second-order valence-corrected chi connectivity index (χ2v) is 6.35. The molecule has 0 saturated carbocycles. The number of carbonyl (C=O) groups excluding carboxylic acids is 3. The van der Waals surface area contributed by atoms with E-state index in [0.717, 1.165) is 0 Å². The predicted octanol–water partition coefficient (Wildman–Crippen LogP) is 4.38. The summed E-state index contributed by atoms with van der Waals surface area (Å²) in [6.45, 7) is 2.03. The summed E-state index contributed by atoms with van der Waals surface area (Å²) in [4.78, 5) is 36.5. The summed E-state index contributed by atoms with van der Waals surface area (Å²) in [6, 6.07) is 21.7. The van der Waals surface area contributed by atoms with Gasteiger partial charge in [-0.1, -0.05) is 18.2 Å². The molecule has 152 valence electrons. The monoisotopic (exact) mass is 403 g/mol. The average Bonchev–Trinajstić information content (AvgIpc) is 2.79. The van der Waals surface area contributed by atoms with Crippen molar-refractivity contribution in [2.24, 2.45) is 0 Å². The van der Waals surface area contributed by atoms with E-state index >= 15 is 0 Å². The highest BCUT2D eigenvalue weighted by Crippen LogP contribution is 2.14. The van der Waals surface area contributed by atoms with Crippen LogP contribution in [0.1, 0.15) is 38.0 Å². The van der Waals surface area contributed by atoms with E-state index in [-0.39, 0.29) is 18.3 Å². The zero-order valence-corrected chi connectivity index (χ0v) is 16.5. The first-order valence-corrected chi connectivity index (χ1v) is 9.46. The summed E-state index contributed by atoms with van der Waals surface area (Å²) in [5.74, 6) is -0.503. The normalized spacial score (nSPS) is 10.2. The van der Waals surface area contributed by atoms with Crippen LogP contribution in [0.25, 0.3) is 0 Å². The fourth-order valence-corrected chi connectivity index (χ4v) is 2.68. The largest absolute Gasteiger partial charge is 0.494 e. The van der Waals surface area contributed by atoms with E-state index in [1.54, 1.807) is 72.8 Å². The summed E-state index contributed by atoms with van der Waals surface area (Å²) >= 11 is 0. The molecule has 6 nitrogen and oxygen atoms in total. The van der Waals surface area contributed by atoms with Crippen LogP contribution in [-0.2, 0) is 4.74 Å². The Bertz CT molecular complexity index is 1010.